The summed E-state index contributed by atoms with van der Waals surface area (Å²) in [7, 11) is 0. The van der Waals surface area contributed by atoms with E-state index in [1.165, 1.54) is 24.5 Å². The summed E-state index contributed by atoms with van der Waals surface area (Å²) in [5, 5.41) is 8.86. The molecule has 0 bridgehead atoms. The van der Waals surface area contributed by atoms with E-state index >= 15 is 0 Å². The van der Waals surface area contributed by atoms with Crippen molar-refractivity contribution >= 4 is 21.9 Å². The highest BCUT2D eigenvalue weighted by Crippen LogP contribution is 2.27. The van der Waals surface area contributed by atoms with Crippen LogP contribution in [0.3, 0.4) is 0 Å². The van der Waals surface area contributed by atoms with Gasteiger partial charge in [0.15, 0.2) is 0 Å². The first kappa shape index (κ1) is 13.3. The highest BCUT2D eigenvalue weighted by atomic mass is 79.9. The number of aromatic nitrogens is 2. The molecule has 0 saturated heterocycles. The molecule has 0 aliphatic rings. The van der Waals surface area contributed by atoms with E-state index in [1.54, 1.807) is 6.92 Å². The van der Waals surface area contributed by atoms with Gasteiger partial charge in [0, 0.05) is 0 Å². The zero-order chi connectivity index (χ0) is 14.0. The smallest absolute Gasteiger partial charge is 0.335 e. The van der Waals surface area contributed by atoms with Crippen molar-refractivity contribution < 1.29 is 14.6 Å². The lowest BCUT2D eigenvalue weighted by Gasteiger charge is -2.09. The van der Waals surface area contributed by atoms with Crippen LogP contribution in [0.15, 0.2) is 33.8 Å². The SMILES string of the molecule is Cc1cc(C(=O)O)ccc1Oc1nc[nH]c(=O)c1Br. The Bertz CT molecular complexity index is 696. The Morgan fingerprint density at radius 2 is 2.21 bits per heavy atom. The maximum absolute atomic E-state index is 11.4. The molecule has 2 N–H and O–H groups in total. The molecule has 6 nitrogen and oxygen atoms in total. The van der Waals surface area contributed by atoms with Crippen molar-refractivity contribution in [1.82, 2.24) is 9.97 Å². The van der Waals surface area contributed by atoms with Gasteiger partial charge < -0.3 is 14.8 Å². The van der Waals surface area contributed by atoms with E-state index in [9.17, 15) is 9.59 Å². The average molecular weight is 325 g/mol. The molecule has 0 fully saturated rings. The Hall–Kier alpha value is -2.15. The highest BCUT2D eigenvalue weighted by Gasteiger charge is 2.11. The molecule has 0 aliphatic heterocycles. The fraction of sp³-hybridized carbons (Fsp3) is 0.0833. The van der Waals surface area contributed by atoms with Crippen molar-refractivity contribution in [3.63, 3.8) is 0 Å². The van der Waals surface area contributed by atoms with E-state index < -0.39 is 5.97 Å². The lowest BCUT2D eigenvalue weighted by Crippen LogP contribution is -2.08. The summed E-state index contributed by atoms with van der Waals surface area (Å²) >= 11 is 3.07. The van der Waals surface area contributed by atoms with E-state index in [0.29, 0.717) is 11.3 Å². The van der Waals surface area contributed by atoms with Gasteiger partial charge in [-0.3, -0.25) is 4.79 Å². The van der Waals surface area contributed by atoms with Crippen LogP contribution < -0.4 is 10.3 Å². The standard InChI is InChI=1S/C12H9BrN2O4/c1-6-4-7(12(17)18)2-3-8(6)19-11-9(13)10(16)14-5-15-11/h2-5H,1H3,(H,17,18)(H,14,15,16). The molecule has 19 heavy (non-hydrogen) atoms. The zero-order valence-corrected chi connectivity index (χ0v) is 11.4. The number of H-pyrrole nitrogens is 1. The third-order valence-corrected chi connectivity index (χ3v) is 3.09. The summed E-state index contributed by atoms with van der Waals surface area (Å²) in [4.78, 5) is 28.5. The van der Waals surface area contributed by atoms with Crippen molar-refractivity contribution in [2.24, 2.45) is 0 Å². The van der Waals surface area contributed by atoms with Crippen LogP contribution in [0.4, 0.5) is 0 Å². The minimum atomic E-state index is -1.01. The monoisotopic (exact) mass is 324 g/mol. The molecule has 98 valence electrons. The predicted molar refractivity (Wildman–Crippen MR) is 70.8 cm³/mol. The van der Waals surface area contributed by atoms with Gasteiger partial charge in [-0.25, -0.2) is 9.78 Å². The molecular weight excluding hydrogens is 316 g/mol. The molecule has 0 radical (unpaired) electrons. The Morgan fingerprint density at radius 1 is 1.47 bits per heavy atom. The van der Waals surface area contributed by atoms with Crippen LogP contribution in [0, 0.1) is 6.92 Å². The summed E-state index contributed by atoms with van der Waals surface area (Å²) < 4.78 is 5.66. The molecule has 7 heteroatoms. The molecule has 0 saturated carbocycles. The second-order valence-electron chi connectivity index (χ2n) is 3.74. The van der Waals surface area contributed by atoms with Crippen LogP contribution in [0.1, 0.15) is 15.9 Å². The average Bonchev–Trinajstić information content (AvgIpc) is 2.37. The third-order valence-electron chi connectivity index (χ3n) is 2.39. The van der Waals surface area contributed by atoms with Crippen molar-refractivity contribution in [2.75, 3.05) is 0 Å². The van der Waals surface area contributed by atoms with Gasteiger partial charge in [-0.05, 0) is 46.6 Å². The van der Waals surface area contributed by atoms with E-state index in [0.717, 1.165) is 0 Å². The predicted octanol–water partition coefficient (Wildman–Crippen LogP) is 2.33. The summed E-state index contributed by atoms with van der Waals surface area (Å²) in [6.45, 7) is 1.71. The quantitative estimate of drug-likeness (QED) is 0.903. The number of aryl methyl sites for hydroxylation is 1. The van der Waals surface area contributed by atoms with Gasteiger partial charge in [-0.15, -0.1) is 0 Å². The molecule has 2 aromatic rings. The fourth-order valence-electron chi connectivity index (χ4n) is 1.44. The van der Waals surface area contributed by atoms with Gasteiger partial charge in [0.2, 0.25) is 5.88 Å². The fourth-order valence-corrected chi connectivity index (χ4v) is 1.74. The Balaban J connectivity index is 2.36. The number of halogens is 1. The van der Waals surface area contributed by atoms with Crippen LogP contribution in [0.25, 0.3) is 0 Å². The first-order valence-electron chi connectivity index (χ1n) is 5.24. The lowest BCUT2D eigenvalue weighted by molar-refractivity contribution is 0.0697. The Morgan fingerprint density at radius 3 is 2.84 bits per heavy atom. The summed E-state index contributed by atoms with van der Waals surface area (Å²) in [6.07, 6.45) is 1.23. The van der Waals surface area contributed by atoms with Gasteiger partial charge >= 0.3 is 5.97 Å². The van der Waals surface area contributed by atoms with E-state index in [-0.39, 0.29) is 21.5 Å². The second kappa shape index (κ2) is 5.23. The number of carboxylic acid groups (broad SMARTS) is 1. The number of nitrogens with one attached hydrogen (secondary N) is 1. The van der Waals surface area contributed by atoms with Crippen molar-refractivity contribution in [3.05, 3.63) is 50.5 Å². The molecular formula is C12H9BrN2O4. The molecule has 0 unspecified atom stereocenters. The number of hydrogen-bond acceptors (Lipinski definition) is 4. The summed E-state index contributed by atoms with van der Waals surface area (Å²) in [5.74, 6) is -0.455. The van der Waals surface area contributed by atoms with Gasteiger partial charge in [0.05, 0.1) is 11.9 Å². The number of carbonyl (C=O) groups is 1. The first-order valence-corrected chi connectivity index (χ1v) is 6.03. The highest BCUT2D eigenvalue weighted by molar-refractivity contribution is 9.10. The lowest BCUT2D eigenvalue weighted by atomic mass is 10.1. The van der Waals surface area contributed by atoms with Crippen LogP contribution in [-0.2, 0) is 0 Å². The Labute approximate surface area is 116 Å². The zero-order valence-electron chi connectivity index (χ0n) is 9.81. The number of aromatic amines is 1. The molecule has 1 aromatic heterocycles. The number of ether oxygens (including phenoxy) is 1. The van der Waals surface area contributed by atoms with Gasteiger partial charge in [-0.2, -0.15) is 0 Å². The number of hydrogen-bond donors (Lipinski definition) is 2. The van der Waals surface area contributed by atoms with Crippen LogP contribution in [-0.4, -0.2) is 21.0 Å². The van der Waals surface area contributed by atoms with Crippen molar-refractivity contribution in [2.45, 2.75) is 6.92 Å². The number of aromatic carboxylic acids is 1. The van der Waals surface area contributed by atoms with Crippen molar-refractivity contribution in [3.8, 4) is 11.6 Å². The molecule has 2 rings (SSSR count). The largest absolute Gasteiger partial charge is 0.478 e. The molecule has 0 spiro atoms. The van der Waals surface area contributed by atoms with Gasteiger partial charge in [0.25, 0.3) is 5.56 Å². The number of rotatable bonds is 3. The number of benzene rings is 1. The van der Waals surface area contributed by atoms with Crippen LogP contribution in [0.2, 0.25) is 0 Å². The van der Waals surface area contributed by atoms with E-state index in [2.05, 4.69) is 25.9 Å². The normalized spacial score (nSPS) is 10.2. The Kier molecular flexibility index (Phi) is 3.66. The minimum absolute atomic E-state index is 0.120. The molecule has 1 aromatic carbocycles. The van der Waals surface area contributed by atoms with Crippen LogP contribution in [0.5, 0.6) is 11.6 Å². The third kappa shape index (κ3) is 2.82. The van der Waals surface area contributed by atoms with E-state index in [1.807, 2.05) is 0 Å². The second-order valence-corrected chi connectivity index (χ2v) is 4.53. The molecule has 0 aliphatic carbocycles. The van der Waals surface area contributed by atoms with Crippen molar-refractivity contribution in [1.29, 1.82) is 0 Å². The summed E-state index contributed by atoms with van der Waals surface area (Å²) in [5.41, 5.74) is 0.446. The molecule has 0 atom stereocenters. The maximum atomic E-state index is 11.4. The maximum Gasteiger partial charge on any atom is 0.335 e. The van der Waals surface area contributed by atoms with Crippen LogP contribution >= 0.6 is 15.9 Å². The van der Waals surface area contributed by atoms with Gasteiger partial charge in [0.1, 0.15) is 10.2 Å². The number of carboxylic acids is 1. The van der Waals surface area contributed by atoms with Gasteiger partial charge in [-0.1, -0.05) is 0 Å². The molecule has 1 heterocycles. The molecule has 0 amide bonds. The first-order chi connectivity index (χ1) is 8.99. The number of nitrogens with zero attached hydrogens (tertiary/aromatic N) is 1. The summed E-state index contributed by atoms with van der Waals surface area (Å²) in [6, 6.07) is 4.43. The minimum Gasteiger partial charge on any atom is -0.478 e. The van der Waals surface area contributed by atoms with E-state index in [4.69, 9.17) is 9.84 Å². The topological polar surface area (TPSA) is 92.3 Å².